The quantitative estimate of drug-likeness (QED) is 0.624. The lowest BCUT2D eigenvalue weighted by molar-refractivity contribution is 0.0504. The summed E-state index contributed by atoms with van der Waals surface area (Å²) in [7, 11) is -3.70. The van der Waals surface area contributed by atoms with Gasteiger partial charge in [-0.15, -0.1) is 0 Å². The molecule has 0 spiro atoms. The van der Waals surface area contributed by atoms with Gasteiger partial charge in [0.2, 0.25) is 0 Å². The lowest BCUT2D eigenvalue weighted by Crippen LogP contribution is -2.18. The van der Waals surface area contributed by atoms with Crippen molar-refractivity contribution in [3.05, 3.63) is 0 Å². The van der Waals surface area contributed by atoms with Crippen molar-refractivity contribution in [1.29, 1.82) is 0 Å². The minimum atomic E-state index is -3.70. The van der Waals surface area contributed by atoms with Gasteiger partial charge < -0.3 is 4.74 Å². The first-order chi connectivity index (χ1) is 5.66. The van der Waals surface area contributed by atoms with Crippen LogP contribution in [0.4, 0.5) is 0 Å². The highest BCUT2D eigenvalue weighted by Gasteiger charge is 2.32. The summed E-state index contributed by atoms with van der Waals surface area (Å²) >= 11 is 0. The number of rotatable bonds is 3. The molecule has 6 heteroatoms. The van der Waals surface area contributed by atoms with Crippen LogP contribution in [0.15, 0.2) is 0 Å². The van der Waals surface area contributed by atoms with Crippen LogP contribution in [0.2, 0.25) is 0 Å². The first-order valence-corrected chi connectivity index (χ1v) is 5.18. The molecule has 0 N–H and O–H groups in total. The van der Waals surface area contributed by atoms with Gasteiger partial charge in [-0.25, -0.2) is 8.37 Å². The summed E-state index contributed by atoms with van der Waals surface area (Å²) < 4.78 is 35.4. The van der Waals surface area contributed by atoms with Crippen LogP contribution < -0.4 is 0 Å². The van der Waals surface area contributed by atoms with Crippen LogP contribution in [0.3, 0.4) is 0 Å². The molecule has 0 amide bonds. The lowest BCUT2D eigenvalue weighted by atomic mass is 10.4. The van der Waals surface area contributed by atoms with Crippen LogP contribution in [0, 0.1) is 0 Å². The van der Waals surface area contributed by atoms with Crippen LogP contribution in [0.1, 0.15) is 12.8 Å². The summed E-state index contributed by atoms with van der Waals surface area (Å²) in [5.74, 6) is 0. The SMILES string of the molecule is O=S1(=O)OC[C@@H](COC2CC2)O1. The Hall–Kier alpha value is -0.170. The standard InChI is InChI=1S/C6H10O5S/c7-12(8)10-4-6(11-12)3-9-5-1-2-5/h5-6H,1-4H2/t6-/m1/s1. The molecule has 0 aromatic heterocycles. The Labute approximate surface area is 70.9 Å². The van der Waals surface area contributed by atoms with E-state index in [0.717, 1.165) is 12.8 Å². The van der Waals surface area contributed by atoms with Gasteiger partial charge >= 0.3 is 10.4 Å². The van der Waals surface area contributed by atoms with Gasteiger partial charge in [-0.3, -0.25) is 0 Å². The molecule has 70 valence electrons. The van der Waals surface area contributed by atoms with Crippen molar-refractivity contribution in [1.82, 2.24) is 0 Å². The highest BCUT2D eigenvalue weighted by molar-refractivity contribution is 7.82. The average molecular weight is 194 g/mol. The second-order valence-corrected chi connectivity index (χ2v) is 4.19. The van der Waals surface area contributed by atoms with Gasteiger partial charge in [0.05, 0.1) is 19.3 Å². The molecule has 2 aliphatic rings. The maximum Gasteiger partial charge on any atom is 0.400 e. The van der Waals surface area contributed by atoms with Gasteiger partial charge in [-0.2, -0.15) is 8.42 Å². The highest BCUT2D eigenvalue weighted by Crippen LogP contribution is 2.24. The van der Waals surface area contributed by atoms with Crippen LogP contribution in [0.25, 0.3) is 0 Å². The molecular formula is C6H10O5S. The van der Waals surface area contributed by atoms with Crippen molar-refractivity contribution in [2.75, 3.05) is 13.2 Å². The van der Waals surface area contributed by atoms with E-state index in [4.69, 9.17) is 4.74 Å². The van der Waals surface area contributed by atoms with Gasteiger partial charge in [-0.05, 0) is 12.8 Å². The van der Waals surface area contributed by atoms with E-state index in [0.29, 0.717) is 12.7 Å². The van der Waals surface area contributed by atoms with Crippen LogP contribution in [-0.2, 0) is 23.5 Å². The number of hydrogen-bond donors (Lipinski definition) is 0. The van der Waals surface area contributed by atoms with Crippen molar-refractivity contribution < 1.29 is 21.5 Å². The van der Waals surface area contributed by atoms with Crippen molar-refractivity contribution in [3.63, 3.8) is 0 Å². The second-order valence-electron chi connectivity index (χ2n) is 2.94. The first kappa shape index (κ1) is 8.43. The van der Waals surface area contributed by atoms with E-state index >= 15 is 0 Å². The average Bonchev–Trinajstić information content (AvgIpc) is 2.74. The third kappa shape index (κ3) is 2.16. The summed E-state index contributed by atoms with van der Waals surface area (Å²) in [6.07, 6.45) is 2.01. The van der Waals surface area contributed by atoms with Gasteiger partial charge in [0, 0.05) is 0 Å². The fourth-order valence-corrected chi connectivity index (χ4v) is 1.75. The maximum absolute atomic E-state index is 10.6. The van der Waals surface area contributed by atoms with Gasteiger partial charge in [-0.1, -0.05) is 0 Å². The van der Waals surface area contributed by atoms with Crippen LogP contribution in [0.5, 0.6) is 0 Å². The monoisotopic (exact) mass is 194 g/mol. The molecule has 1 aliphatic carbocycles. The molecule has 12 heavy (non-hydrogen) atoms. The predicted molar refractivity (Wildman–Crippen MR) is 38.7 cm³/mol. The zero-order chi connectivity index (χ0) is 8.60. The number of ether oxygens (including phenoxy) is 1. The molecule has 1 heterocycles. The van der Waals surface area contributed by atoms with E-state index in [1.807, 2.05) is 0 Å². The third-order valence-corrected chi connectivity index (χ3v) is 2.63. The fraction of sp³-hybridized carbons (Fsp3) is 1.00. The number of hydrogen-bond acceptors (Lipinski definition) is 5. The third-order valence-electron chi connectivity index (χ3n) is 1.69. The van der Waals surface area contributed by atoms with Crippen LogP contribution >= 0.6 is 0 Å². The molecular weight excluding hydrogens is 184 g/mol. The van der Waals surface area contributed by atoms with Gasteiger partial charge in [0.1, 0.15) is 6.10 Å². The lowest BCUT2D eigenvalue weighted by Gasteiger charge is -2.04. The topological polar surface area (TPSA) is 61.8 Å². The molecule has 2 fully saturated rings. The Kier molecular flexibility index (Phi) is 2.07. The van der Waals surface area contributed by atoms with E-state index in [2.05, 4.69) is 8.37 Å². The Bertz CT molecular complexity index is 255. The van der Waals surface area contributed by atoms with E-state index < -0.39 is 16.5 Å². The van der Waals surface area contributed by atoms with Crippen molar-refractivity contribution in [2.24, 2.45) is 0 Å². The predicted octanol–water partition coefficient (Wildman–Crippen LogP) is -0.174. The first-order valence-electron chi connectivity index (χ1n) is 3.85. The molecule has 1 saturated carbocycles. The highest BCUT2D eigenvalue weighted by atomic mass is 32.3. The Morgan fingerprint density at radius 3 is 2.67 bits per heavy atom. The molecule has 0 unspecified atom stereocenters. The Morgan fingerprint density at radius 2 is 2.17 bits per heavy atom. The molecule has 1 saturated heterocycles. The summed E-state index contributed by atoms with van der Waals surface area (Å²) in [6.45, 7) is 0.388. The second kappa shape index (κ2) is 2.95. The summed E-state index contributed by atoms with van der Waals surface area (Å²) in [4.78, 5) is 0. The zero-order valence-corrected chi connectivity index (χ0v) is 7.25. The van der Waals surface area contributed by atoms with E-state index in [1.165, 1.54) is 0 Å². The Balaban J connectivity index is 1.75. The van der Waals surface area contributed by atoms with E-state index in [-0.39, 0.29) is 6.61 Å². The van der Waals surface area contributed by atoms with Crippen molar-refractivity contribution >= 4 is 10.4 Å². The molecule has 2 rings (SSSR count). The summed E-state index contributed by atoms with van der Waals surface area (Å²) in [5.41, 5.74) is 0. The normalized spacial score (nSPS) is 33.8. The molecule has 1 atom stereocenters. The molecule has 1 aliphatic heterocycles. The van der Waals surface area contributed by atoms with Crippen molar-refractivity contribution in [3.8, 4) is 0 Å². The van der Waals surface area contributed by atoms with Crippen LogP contribution in [-0.4, -0.2) is 33.8 Å². The molecule has 0 bridgehead atoms. The Morgan fingerprint density at radius 1 is 1.42 bits per heavy atom. The largest absolute Gasteiger partial charge is 0.400 e. The minimum absolute atomic E-state index is 0.0784. The van der Waals surface area contributed by atoms with Crippen molar-refractivity contribution in [2.45, 2.75) is 25.0 Å². The summed E-state index contributed by atoms with van der Waals surface area (Å²) in [5, 5.41) is 0. The molecule has 5 nitrogen and oxygen atoms in total. The molecule has 0 radical (unpaired) electrons. The molecule has 0 aromatic carbocycles. The maximum atomic E-state index is 10.6. The van der Waals surface area contributed by atoms with Gasteiger partial charge in [0.15, 0.2) is 0 Å². The minimum Gasteiger partial charge on any atom is -0.375 e. The van der Waals surface area contributed by atoms with E-state index in [1.54, 1.807) is 0 Å². The fourth-order valence-electron chi connectivity index (χ4n) is 0.935. The van der Waals surface area contributed by atoms with Gasteiger partial charge in [0.25, 0.3) is 0 Å². The molecule has 0 aromatic rings. The summed E-state index contributed by atoms with van der Waals surface area (Å²) in [6, 6.07) is 0. The van der Waals surface area contributed by atoms with E-state index in [9.17, 15) is 8.42 Å². The smallest absolute Gasteiger partial charge is 0.375 e. The zero-order valence-electron chi connectivity index (χ0n) is 6.43.